The van der Waals surface area contributed by atoms with Gasteiger partial charge in [0.1, 0.15) is 21.8 Å². The molecule has 1 aromatic carbocycles. The predicted molar refractivity (Wildman–Crippen MR) is 144 cm³/mol. The number of piperidine rings is 1. The molecule has 3 N–H and O–H groups in total. The van der Waals surface area contributed by atoms with Crippen molar-refractivity contribution in [3.05, 3.63) is 43.8 Å². The van der Waals surface area contributed by atoms with E-state index in [2.05, 4.69) is 34.7 Å². The summed E-state index contributed by atoms with van der Waals surface area (Å²) in [4.78, 5) is 40.0. The highest BCUT2D eigenvalue weighted by Gasteiger charge is 2.23. The zero-order valence-electron chi connectivity index (χ0n) is 21.2. The Morgan fingerprint density at radius 1 is 1.19 bits per heavy atom. The molecule has 0 aliphatic carbocycles. The minimum absolute atomic E-state index is 0.0783. The van der Waals surface area contributed by atoms with E-state index in [0.29, 0.717) is 34.3 Å². The molecule has 2 heterocycles. The van der Waals surface area contributed by atoms with E-state index < -0.39 is 5.91 Å². The van der Waals surface area contributed by atoms with E-state index in [0.717, 1.165) is 24.4 Å². The first kappa shape index (κ1) is 27.7. The van der Waals surface area contributed by atoms with Crippen LogP contribution in [0.25, 0.3) is 11.8 Å². The Morgan fingerprint density at radius 3 is 2.54 bits per heavy atom. The van der Waals surface area contributed by atoms with Crippen LogP contribution in [0.15, 0.2) is 29.1 Å². The first-order chi connectivity index (χ1) is 17.7. The molecule has 1 fully saturated rings. The fourth-order valence-corrected chi connectivity index (χ4v) is 5.64. The van der Waals surface area contributed by atoms with Crippen molar-refractivity contribution in [1.82, 2.24) is 14.8 Å². The van der Waals surface area contributed by atoms with Gasteiger partial charge in [0.25, 0.3) is 11.5 Å². The summed E-state index contributed by atoms with van der Waals surface area (Å²) in [6.45, 7) is 8.36. The van der Waals surface area contributed by atoms with Crippen molar-refractivity contribution < 1.29 is 9.59 Å². The van der Waals surface area contributed by atoms with Crippen LogP contribution in [0, 0.1) is 34.5 Å². The van der Waals surface area contributed by atoms with Gasteiger partial charge in [-0.3, -0.25) is 23.9 Å². The average molecular weight is 522 g/mol. The lowest BCUT2D eigenvalue weighted by Gasteiger charge is -2.34. The lowest BCUT2D eigenvalue weighted by atomic mass is 9.92. The summed E-state index contributed by atoms with van der Waals surface area (Å²) in [5, 5.41) is 26.5. The van der Waals surface area contributed by atoms with Crippen LogP contribution >= 0.6 is 11.3 Å². The number of carbonyl (C=O) groups is 2. The second-order valence-electron chi connectivity index (χ2n) is 9.21. The zero-order chi connectivity index (χ0) is 26.9. The molecule has 2 unspecified atom stereocenters. The van der Waals surface area contributed by atoms with Crippen LogP contribution in [0.1, 0.15) is 27.2 Å². The van der Waals surface area contributed by atoms with Gasteiger partial charge in [-0.1, -0.05) is 19.9 Å². The third kappa shape index (κ3) is 7.29. The van der Waals surface area contributed by atoms with Crippen LogP contribution in [0.5, 0.6) is 0 Å². The van der Waals surface area contributed by atoms with Gasteiger partial charge in [-0.25, -0.2) is 0 Å². The number of likely N-dealkylation sites (tertiary alicyclic amines) is 1. The third-order valence-electron chi connectivity index (χ3n) is 5.93. The number of carbonyl (C=O) groups excluding carboxylic acids is 2. The monoisotopic (exact) mass is 521 g/mol. The number of aromatic nitrogens is 1. The van der Waals surface area contributed by atoms with Crippen molar-refractivity contribution in [3.8, 4) is 12.1 Å². The van der Waals surface area contributed by atoms with E-state index in [4.69, 9.17) is 5.26 Å². The summed E-state index contributed by atoms with van der Waals surface area (Å²) in [5.41, 5.74) is 0.728. The molecule has 37 heavy (non-hydrogen) atoms. The van der Waals surface area contributed by atoms with Crippen molar-refractivity contribution in [1.29, 1.82) is 10.5 Å². The van der Waals surface area contributed by atoms with Crippen LogP contribution in [-0.4, -0.2) is 47.5 Å². The normalized spacial score (nSPS) is 18.9. The molecule has 1 aliphatic heterocycles. The number of thiazole rings is 1. The quantitative estimate of drug-likeness (QED) is 0.440. The molecule has 194 valence electrons. The number of hydrogen-bond donors (Lipinski definition) is 3. The van der Waals surface area contributed by atoms with Gasteiger partial charge in [0.05, 0.1) is 12.6 Å². The van der Waals surface area contributed by atoms with Crippen molar-refractivity contribution in [2.45, 2.75) is 33.7 Å². The van der Waals surface area contributed by atoms with Crippen LogP contribution in [0.4, 0.5) is 11.4 Å². The summed E-state index contributed by atoms with van der Waals surface area (Å²) >= 11 is 1.01. The van der Waals surface area contributed by atoms with Gasteiger partial charge in [0.2, 0.25) is 5.91 Å². The number of nitrogens with one attached hydrogen (secondary N) is 3. The maximum Gasteiger partial charge on any atom is 0.270 e. The molecule has 2 amide bonds. The Hall–Kier alpha value is -3.93. The second-order valence-corrected chi connectivity index (χ2v) is 10.2. The highest BCUT2D eigenvalue weighted by atomic mass is 32.1. The first-order valence-corrected chi connectivity index (χ1v) is 13.0. The summed E-state index contributed by atoms with van der Waals surface area (Å²) in [6.07, 6.45) is 2.70. The van der Waals surface area contributed by atoms with Gasteiger partial charge in [0.15, 0.2) is 5.57 Å². The number of hydrogen-bond acceptors (Lipinski definition) is 8. The first-order valence-electron chi connectivity index (χ1n) is 12.1. The minimum atomic E-state index is -0.705. The minimum Gasteiger partial charge on any atom is -0.360 e. The van der Waals surface area contributed by atoms with E-state index >= 15 is 0 Å². The van der Waals surface area contributed by atoms with Crippen molar-refractivity contribution in [2.75, 3.05) is 36.8 Å². The lowest BCUT2D eigenvalue weighted by molar-refractivity contribution is -0.118. The number of amides is 2. The Balaban J connectivity index is 1.78. The van der Waals surface area contributed by atoms with E-state index in [9.17, 15) is 19.6 Å². The predicted octanol–water partition coefficient (Wildman–Crippen LogP) is 1.01. The Morgan fingerprint density at radius 2 is 1.89 bits per heavy atom. The summed E-state index contributed by atoms with van der Waals surface area (Å²) in [6, 6.07) is 10.8. The molecule has 1 saturated heterocycles. The van der Waals surface area contributed by atoms with Crippen molar-refractivity contribution in [2.24, 2.45) is 11.8 Å². The van der Waals surface area contributed by atoms with Gasteiger partial charge in [-0.2, -0.15) is 10.5 Å². The molecule has 11 heteroatoms. The lowest BCUT2D eigenvalue weighted by Crippen LogP contribution is -2.42. The highest BCUT2D eigenvalue weighted by molar-refractivity contribution is 7.07. The number of benzene rings is 1. The molecule has 1 aromatic heterocycles. The van der Waals surface area contributed by atoms with E-state index in [-0.39, 0.29) is 34.8 Å². The fourth-order valence-electron chi connectivity index (χ4n) is 4.56. The highest BCUT2D eigenvalue weighted by Crippen LogP contribution is 2.21. The molecule has 0 radical (unpaired) electrons. The van der Waals surface area contributed by atoms with Crippen LogP contribution in [-0.2, 0) is 16.1 Å². The number of rotatable bonds is 8. The second kappa shape index (κ2) is 12.9. The fraction of sp³-hybridized carbons (Fsp3) is 0.423. The van der Waals surface area contributed by atoms with Gasteiger partial charge >= 0.3 is 0 Å². The number of nitrogens with zero attached hydrogens (tertiary/aromatic N) is 4. The van der Waals surface area contributed by atoms with Gasteiger partial charge in [0, 0.05) is 37.2 Å². The standard InChI is InChI=1S/C26H31N7O3S/c1-4-33-25(36)22(37-26(33)21(12-28)24(35)29-9-8-27)13-30-19-6-5-7-20(11-19)31-23(34)16-32-14-17(2)10-18(3)15-32/h5-7,11,13,17-18,30H,4,9-10,14-16H2,1-3H3,(H,29,35)(H,31,34)/b22-13+,26-21-. The maximum atomic E-state index is 12.9. The van der Waals surface area contributed by atoms with Crippen molar-refractivity contribution >= 4 is 46.3 Å². The largest absolute Gasteiger partial charge is 0.360 e. The Kier molecular flexibility index (Phi) is 9.61. The molecule has 3 rings (SSSR count). The Labute approximate surface area is 219 Å². The average Bonchev–Trinajstić information content (AvgIpc) is 3.16. The molecule has 2 aromatic rings. The number of nitriles is 2. The molecule has 1 aliphatic rings. The van der Waals surface area contributed by atoms with E-state index in [1.165, 1.54) is 17.2 Å². The molecule has 2 atom stereocenters. The SMILES string of the molecule is CCn1c(=O)/c(=C\Nc2cccc(NC(=O)CN3CC(C)CC(C)C3)c2)s/c1=C(/C#N)C(=O)NCC#N. The van der Waals surface area contributed by atoms with Crippen LogP contribution < -0.4 is 30.7 Å². The topological polar surface area (TPSA) is 143 Å². The molecular formula is C26H31N7O3S. The van der Waals surface area contributed by atoms with Gasteiger partial charge in [-0.15, -0.1) is 11.3 Å². The van der Waals surface area contributed by atoms with Gasteiger partial charge in [-0.05, 0) is 43.4 Å². The molecular weight excluding hydrogens is 490 g/mol. The summed E-state index contributed by atoms with van der Waals surface area (Å²) < 4.78 is 1.88. The summed E-state index contributed by atoms with van der Waals surface area (Å²) in [7, 11) is 0. The molecule has 0 spiro atoms. The van der Waals surface area contributed by atoms with Crippen LogP contribution in [0.2, 0.25) is 0 Å². The third-order valence-corrected chi connectivity index (χ3v) is 7.06. The number of anilines is 2. The van der Waals surface area contributed by atoms with Gasteiger partial charge < -0.3 is 16.0 Å². The smallest absolute Gasteiger partial charge is 0.270 e. The Bertz CT molecular complexity index is 1400. The van der Waals surface area contributed by atoms with Crippen LogP contribution in [0.3, 0.4) is 0 Å². The summed E-state index contributed by atoms with van der Waals surface area (Å²) in [5.74, 6) is 0.362. The maximum absolute atomic E-state index is 12.9. The molecule has 0 saturated carbocycles. The molecule has 10 nitrogen and oxygen atoms in total. The zero-order valence-corrected chi connectivity index (χ0v) is 22.0. The molecule has 0 bridgehead atoms. The van der Waals surface area contributed by atoms with E-state index in [1.807, 2.05) is 6.07 Å². The van der Waals surface area contributed by atoms with E-state index in [1.54, 1.807) is 37.3 Å². The van der Waals surface area contributed by atoms with Crippen molar-refractivity contribution in [3.63, 3.8) is 0 Å².